The van der Waals surface area contributed by atoms with Gasteiger partial charge in [0.25, 0.3) is 5.56 Å². The van der Waals surface area contributed by atoms with E-state index >= 15 is 0 Å². The minimum atomic E-state index is -0.248. The number of nitrogens with one attached hydrogen (secondary N) is 1. The molecule has 0 atom stereocenters. The van der Waals surface area contributed by atoms with Crippen molar-refractivity contribution in [2.75, 3.05) is 11.1 Å². The van der Waals surface area contributed by atoms with Crippen molar-refractivity contribution in [3.05, 3.63) is 52.2 Å². The molecule has 2 heterocycles. The van der Waals surface area contributed by atoms with Gasteiger partial charge in [0.15, 0.2) is 5.16 Å². The van der Waals surface area contributed by atoms with Gasteiger partial charge in [0.2, 0.25) is 5.91 Å². The number of rotatable bonds is 7. The minimum Gasteiger partial charge on any atom is -0.319 e. The molecule has 0 unspecified atom stereocenters. The number of aromatic nitrogens is 5. The lowest BCUT2D eigenvalue weighted by Gasteiger charge is -2.07. The average Bonchev–Trinajstić information content (AvgIpc) is 3.45. The van der Waals surface area contributed by atoms with Gasteiger partial charge in [-0.05, 0) is 38.8 Å². The summed E-state index contributed by atoms with van der Waals surface area (Å²) in [6.07, 6.45) is 2.31. The molecule has 4 rings (SSSR count). The third-order valence-electron chi connectivity index (χ3n) is 5.16. The summed E-state index contributed by atoms with van der Waals surface area (Å²) in [7, 11) is 1.80. The van der Waals surface area contributed by atoms with E-state index in [4.69, 9.17) is 0 Å². The molecular formula is C20H24N6O2S. The van der Waals surface area contributed by atoms with Crippen LogP contribution in [0.1, 0.15) is 37.2 Å². The molecular weight excluding hydrogens is 388 g/mol. The topological polar surface area (TPSA) is 86.7 Å². The van der Waals surface area contributed by atoms with Gasteiger partial charge in [0.05, 0.1) is 17.1 Å². The molecule has 1 aromatic carbocycles. The van der Waals surface area contributed by atoms with Crippen LogP contribution in [0.4, 0.5) is 5.69 Å². The number of para-hydroxylation sites is 1. The average molecular weight is 413 g/mol. The fraction of sp³-hybridized carbons (Fsp3) is 0.400. The van der Waals surface area contributed by atoms with E-state index in [0.29, 0.717) is 17.3 Å². The summed E-state index contributed by atoms with van der Waals surface area (Å²) < 4.78 is 5.37. The van der Waals surface area contributed by atoms with Crippen LogP contribution in [0, 0.1) is 6.92 Å². The molecule has 0 spiro atoms. The van der Waals surface area contributed by atoms with Crippen LogP contribution >= 0.6 is 11.8 Å². The number of thioether (sulfide) groups is 1. The quantitative estimate of drug-likeness (QED) is 0.603. The summed E-state index contributed by atoms with van der Waals surface area (Å²) in [4.78, 5) is 25.5. The van der Waals surface area contributed by atoms with Crippen molar-refractivity contribution in [2.24, 2.45) is 7.05 Å². The van der Waals surface area contributed by atoms with Gasteiger partial charge in [-0.3, -0.25) is 14.3 Å². The maximum absolute atomic E-state index is 12.9. The molecule has 9 heteroatoms. The van der Waals surface area contributed by atoms with Crippen molar-refractivity contribution < 1.29 is 4.79 Å². The predicted octanol–water partition coefficient (Wildman–Crippen LogP) is 2.70. The van der Waals surface area contributed by atoms with Crippen LogP contribution in [0.2, 0.25) is 0 Å². The Kier molecular flexibility index (Phi) is 5.31. The van der Waals surface area contributed by atoms with E-state index < -0.39 is 0 Å². The minimum absolute atomic E-state index is 0.169. The third kappa shape index (κ3) is 3.74. The van der Waals surface area contributed by atoms with Crippen LogP contribution in [-0.4, -0.2) is 35.8 Å². The van der Waals surface area contributed by atoms with Crippen molar-refractivity contribution in [1.82, 2.24) is 24.1 Å². The number of hydrogen-bond acceptors (Lipinski definition) is 5. The molecule has 2 aromatic heterocycles. The molecule has 0 radical (unpaired) electrons. The Morgan fingerprint density at radius 3 is 2.62 bits per heavy atom. The first-order valence-corrected chi connectivity index (χ1v) is 10.7. The lowest BCUT2D eigenvalue weighted by molar-refractivity contribution is -0.113. The molecule has 1 aliphatic carbocycles. The van der Waals surface area contributed by atoms with E-state index in [1.165, 1.54) is 11.8 Å². The number of anilines is 1. The monoisotopic (exact) mass is 412 g/mol. The molecule has 3 aromatic rings. The molecule has 0 saturated heterocycles. The van der Waals surface area contributed by atoms with Crippen LogP contribution in [0.25, 0.3) is 5.69 Å². The van der Waals surface area contributed by atoms with Crippen molar-refractivity contribution in [2.45, 2.75) is 44.3 Å². The summed E-state index contributed by atoms with van der Waals surface area (Å²) in [6.45, 7) is 4.65. The third-order valence-corrected chi connectivity index (χ3v) is 6.12. The first kappa shape index (κ1) is 19.5. The van der Waals surface area contributed by atoms with Crippen LogP contribution in [-0.2, 0) is 18.4 Å². The first-order chi connectivity index (χ1) is 14.0. The number of carbonyl (C=O) groups is 1. The summed E-state index contributed by atoms with van der Waals surface area (Å²) in [5, 5.41) is 12.1. The van der Waals surface area contributed by atoms with E-state index in [9.17, 15) is 9.59 Å². The van der Waals surface area contributed by atoms with Crippen LogP contribution < -0.4 is 10.9 Å². The van der Waals surface area contributed by atoms with Gasteiger partial charge in [-0.25, -0.2) is 4.68 Å². The Hall–Kier alpha value is -2.81. The van der Waals surface area contributed by atoms with E-state index in [0.717, 1.165) is 36.1 Å². The zero-order valence-corrected chi connectivity index (χ0v) is 17.6. The van der Waals surface area contributed by atoms with Gasteiger partial charge >= 0.3 is 0 Å². The van der Waals surface area contributed by atoms with Crippen molar-refractivity contribution >= 4 is 23.4 Å². The van der Waals surface area contributed by atoms with Gasteiger partial charge < -0.3 is 9.88 Å². The summed E-state index contributed by atoms with van der Waals surface area (Å²) in [5.41, 5.74) is 1.51. The standard InChI is InChI=1S/C20H24N6O2S/c1-4-25-18(14-10-11-14)22-23-20(25)29-12-16(27)21-17-13(2)24(3)26(19(17)28)15-8-6-5-7-9-15/h5-9,14H,4,10-12H2,1-3H3,(H,21,27). The molecule has 29 heavy (non-hydrogen) atoms. The Morgan fingerprint density at radius 1 is 1.24 bits per heavy atom. The summed E-state index contributed by atoms with van der Waals surface area (Å²) in [6, 6.07) is 9.36. The number of amides is 1. The fourth-order valence-corrected chi connectivity index (χ4v) is 4.17. The van der Waals surface area contributed by atoms with E-state index in [1.54, 1.807) is 16.4 Å². The molecule has 1 fully saturated rings. The summed E-state index contributed by atoms with van der Waals surface area (Å²) >= 11 is 1.35. The zero-order chi connectivity index (χ0) is 20.5. The maximum Gasteiger partial charge on any atom is 0.295 e. The van der Waals surface area contributed by atoms with Crippen LogP contribution in [0.3, 0.4) is 0 Å². The molecule has 1 amide bonds. The molecule has 1 saturated carbocycles. The Labute approximate surface area is 172 Å². The maximum atomic E-state index is 12.9. The van der Waals surface area contributed by atoms with Gasteiger partial charge in [0.1, 0.15) is 11.5 Å². The lowest BCUT2D eigenvalue weighted by atomic mass is 10.3. The highest BCUT2D eigenvalue weighted by Gasteiger charge is 2.30. The second-order valence-corrected chi connectivity index (χ2v) is 8.08. The number of nitrogens with zero attached hydrogens (tertiary/aromatic N) is 5. The van der Waals surface area contributed by atoms with Gasteiger partial charge in [0, 0.05) is 19.5 Å². The zero-order valence-electron chi connectivity index (χ0n) is 16.8. The van der Waals surface area contributed by atoms with Gasteiger partial charge in [-0.1, -0.05) is 30.0 Å². The number of hydrogen-bond donors (Lipinski definition) is 1. The highest BCUT2D eigenvalue weighted by atomic mass is 32.2. The summed E-state index contributed by atoms with van der Waals surface area (Å²) in [5.74, 6) is 1.45. The smallest absolute Gasteiger partial charge is 0.295 e. The number of benzene rings is 1. The molecule has 8 nitrogen and oxygen atoms in total. The van der Waals surface area contributed by atoms with Crippen LogP contribution in [0.5, 0.6) is 0 Å². The van der Waals surface area contributed by atoms with Crippen LogP contribution in [0.15, 0.2) is 40.3 Å². The molecule has 152 valence electrons. The van der Waals surface area contributed by atoms with Gasteiger partial charge in [-0.15, -0.1) is 10.2 Å². The Morgan fingerprint density at radius 2 is 1.97 bits per heavy atom. The first-order valence-electron chi connectivity index (χ1n) is 9.71. The molecule has 0 aliphatic heterocycles. The van der Waals surface area contributed by atoms with Crippen molar-refractivity contribution in [1.29, 1.82) is 0 Å². The van der Waals surface area contributed by atoms with Crippen molar-refractivity contribution in [3.63, 3.8) is 0 Å². The number of carbonyl (C=O) groups excluding carboxylic acids is 1. The SMILES string of the molecule is CCn1c(SCC(=O)Nc2c(C)n(C)n(-c3ccccc3)c2=O)nnc1C1CC1. The highest BCUT2D eigenvalue weighted by molar-refractivity contribution is 7.99. The largest absolute Gasteiger partial charge is 0.319 e. The van der Waals surface area contributed by atoms with Crippen molar-refractivity contribution in [3.8, 4) is 5.69 Å². The van der Waals surface area contributed by atoms with Gasteiger partial charge in [-0.2, -0.15) is 0 Å². The second-order valence-electron chi connectivity index (χ2n) is 7.13. The van der Waals surface area contributed by atoms with E-state index in [1.807, 2.05) is 37.3 Å². The lowest BCUT2D eigenvalue weighted by Crippen LogP contribution is -2.23. The predicted molar refractivity (Wildman–Crippen MR) is 113 cm³/mol. The molecule has 0 bridgehead atoms. The normalized spacial score (nSPS) is 13.6. The second kappa shape index (κ2) is 7.90. The Bertz CT molecular complexity index is 1090. The fourth-order valence-electron chi connectivity index (χ4n) is 3.37. The highest BCUT2D eigenvalue weighted by Crippen LogP contribution is 2.39. The molecule has 1 aliphatic rings. The Balaban J connectivity index is 1.49. The molecule has 1 N–H and O–H groups in total. The van der Waals surface area contributed by atoms with E-state index in [2.05, 4.69) is 27.0 Å². The van der Waals surface area contributed by atoms with E-state index in [-0.39, 0.29) is 17.2 Å².